The molecule has 0 aliphatic rings. The van der Waals surface area contributed by atoms with Gasteiger partial charge in [0, 0.05) is 25.3 Å². The number of aryl methyl sites for hydroxylation is 1. The highest BCUT2D eigenvalue weighted by molar-refractivity contribution is 5.41. The van der Waals surface area contributed by atoms with Crippen molar-refractivity contribution in [1.29, 1.82) is 0 Å². The summed E-state index contributed by atoms with van der Waals surface area (Å²) in [6.07, 6.45) is 0. The number of hydrogen-bond donors (Lipinski definition) is 1. The van der Waals surface area contributed by atoms with Gasteiger partial charge in [0.25, 0.3) is 0 Å². The van der Waals surface area contributed by atoms with Crippen molar-refractivity contribution in [3.63, 3.8) is 0 Å². The molecule has 96 valence electrons. The predicted molar refractivity (Wildman–Crippen MR) is 74.5 cm³/mol. The number of anilines is 1. The molecule has 3 nitrogen and oxygen atoms in total. The molecule has 0 saturated heterocycles. The topological polar surface area (TPSA) is 28.2 Å². The summed E-state index contributed by atoms with van der Waals surface area (Å²) in [5.41, 5.74) is 2.40. The molecule has 1 N–H and O–H groups in total. The quantitative estimate of drug-likeness (QED) is 0.821. The zero-order valence-corrected chi connectivity index (χ0v) is 11.7. The maximum absolute atomic E-state index is 4.70. The third-order valence-corrected chi connectivity index (χ3v) is 2.84. The van der Waals surface area contributed by atoms with E-state index in [1.54, 1.807) is 0 Å². The van der Waals surface area contributed by atoms with Gasteiger partial charge in [0.05, 0.1) is 0 Å². The van der Waals surface area contributed by atoms with Gasteiger partial charge in [0.15, 0.2) is 0 Å². The molecule has 1 rings (SSSR count). The van der Waals surface area contributed by atoms with Crippen LogP contribution in [0.15, 0.2) is 12.1 Å². The largest absolute Gasteiger partial charge is 0.357 e. The van der Waals surface area contributed by atoms with Crippen LogP contribution in [0, 0.1) is 12.8 Å². The molecule has 0 radical (unpaired) electrons. The Labute approximate surface area is 105 Å². The SMILES string of the molecule is CCN(CC(C)C)c1ccc(CNC)c(C)n1. The minimum Gasteiger partial charge on any atom is -0.357 e. The fraction of sp³-hybridized carbons (Fsp3) is 0.643. The monoisotopic (exact) mass is 235 g/mol. The summed E-state index contributed by atoms with van der Waals surface area (Å²) in [7, 11) is 1.96. The van der Waals surface area contributed by atoms with Gasteiger partial charge < -0.3 is 10.2 Å². The second-order valence-electron chi connectivity index (χ2n) is 4.88. The number of pyridine rings is 1. The maximum atomic E-state index is 4.70. The molecule has 0 unspecified atom stereocenters. The van der Waals surface area contributed by atoms with Crippen LogP contribution in [0.4, 0.5) is 5.82 Å². The van der Waals surface area contributed by atoms with E-state index in [1.165, 1.54) is 5.56 Å². The fourth-order valence-electron chi connectivity index (χ4n) is 1.96. The Morgan fingerprint density at radius 2 is 2.06 bits per heavy atom. The van der Waals surface area contributed by atoms with Crippen LogP contribution in [0.3, 0.4) is 0 Å². The van der Waals surface area contributed by atoms with E-state index in [1.807, 2.05) is 7.05 Å². The maximum Gasteiger partial charge on any atom is 0.128 e. The van der Waals surface area contributed by atoms with Gasteiger partial charge in [-0.3, -0.25) is 0 Å². The lowest BCUT2D eigenvalue weighted by Gasteiger charge is -2.24. The first-order valence-electron chi connectivity index (χ1n) is 6.44. The van der Waals surface area contributed by atoms with Crippen molar-refractivity contribution in [2.24, 2.45) is 5.92 Å². The van der Waals surface area contributed by atoms with Crippen LogP contribution in [-0.4, -0.2) is 25.1 Å². The Bertz CT molecular complexity index is 347. The molecule has 0 atom stereocenters. The lowest BCUT2D eigenvalue weighted by atomic mass is 10.2. The summed E-state index contributed by atoms with van der Waals surface area (Å²) >= 11 is 0. The van der Waals surface area contributed by atoms with Crippen molar-refractivity contribution in [3.05, 3.63) is 23.4 Å². The van der Waals surface area contributed by atoms with Gasteiger partial charge in [0.2, 0.25) is 0 Å². The summed E-state index contributed by atoms with van der Waals surface area (Å²) in [6.45, 7) is 11.7. The average Bonchev–Trinajstić information content (AvgIpc) is 2.28. The van der Waals surface area contributed by atoms with Crippen LogP contribution >= 0.6 is 0 Å². The molecule has 1 aromatic heterocycles. The molecule has 0 spiro atoms. The predicted octanol–water partition coefficient (Wildman–Crippen LogP) is 2.59. The standard InChI is InChI=1S/C14H25N3/c1-6-17(10-11(2)3)14-8-7-13(9-15-5)12(4)16-14/h7-8,11,15H,6,9-10H2,1-5H3. The van der Waals surface area contributed by atoms with Gasteiger partial charge in [-0.15, -0.1) is 0 Å². The number of hydrogen-bond acceptors (Lipinski definition) is 3. The molecule has 0 aliphatic carbocycles. The van der Waals surface area contributed by atoms with Gasteiger partial charge in [-0.05, 0) is 38.4 Å². The Morgan fingerprint density at radius 1 is 1.35 bits per heavy atom. The Morgan fingerprint density at radius 3 is 2.53 bits per heavy atom. The van der Waals surface area contributed by atoms with Gasteiger partial charge in [-0.2, -0.15) is 0 Å². The molecular weight excluding hydrogens is 210 g/mol. The second kappa shape index (κ2) is 6.60. The Kier molecular flexibility index (Phi) is 5.42. The molecule has 0 bridgehead atoms. The van der Waals surface area contributed by atoms with E-state index < -0.39 is 0 Å². The van der Waals surface area contributed by atoms with Crippen LogP contribution < -0.4 is 10.2 Å². The molecule has 0 amide bonds. The van der Waals surface area contributed by atoms with Crippen molar-refractivity contribution >= 4 is 5.82 Å². The van der Waals surface area contributed by atoms with Crippen LogP contribution in [0.1, 0.15) is 32.0 Å². The number of rotatable bonds is 6. The highest BCUT2D eigenvalue weighted by Crippen LogP contribution is 2.16. The molecule has 1 heterocycles. The van der Waals surface area contributed by atoms with Crippen LogP contribution in [0.2, 0.25) is 0 Å². The third kappa shape index (κ3) is 4.00. The van der Waals surface area contributed by atoms with Crippen LogP contribution in [0.25, 0.3) is 0 Å². The first-order valence-corrected chi connectivity index (χ1v) is 6.44. The smallest absolute Gasteiger partial charge is 0.128 e. The van der Waals surface area contributed by atoms with Gasteiger partial charge in [-0.1, -0.05) is 19.9 Å². The molecule has 0 fully saturated rings. The second-order valence-corrected chi connectivity index (χ2v) is 4.88. The van der Waals surface area contributed by atoms with Gasteiger partial charge in [-0.25, -0.2) is 4.98 Å². The first-order chi connectivity index (χ1) is 8.08. The lowest BCUT2D eigenvalue weighted by Crippen LogP contribution is -2.28. The van der Waals surface area contributed by atoms with Crippen LogP contribution in [-0.2, 0) is 6.54 Å². The summed E-state index contributed by atoms with van der Waals surface area (Å²) in [5.74, 6) is 1.76. The number of aromatic nitrogens is 1. The lowest BCUT2D eigenvalue weighted by molar-refractivity contribution is 0.613. The van der Waals surface area contributed by atoms with E-state index in [2.05, 4.69) is 50.0 Å². The summed E-state index contributed by atoms with van der Waals surface area (Å²) < 4.78 is 0. The van der Waals surface area contributed by atoms with Crippen LogP contribution in [0.5, 0.6) is 0 Å². The van der Waals surface area contributed by atoms with E-state index in [9.17, 15) is 0 Å². The van der Waals surface area contributed by atoms with Gasteiger partial charge in [0.1, 0.15) is 5.82 Å². The Balaban J connectivity index is 2.86. The molecule has 17 heavy (non-hydrogen) atoms. The number of nitrogens with zero attached hydrogens (tertiary/aromatic N) is 2. The summed E-state index contributed by atoms with van der Waals surface area (Å²) in [5, 5.41) is 3.17. The zero-order chi connectivity index (χ0) is 12.8. The molecular formula is C14H25N3. The highest BCUT2D eigenvalue weighted by atomic mass is 15.2. The van der Waals surface area contributed by atoms with E-state index in [0.29, 0.717) is 5.92 Å². The average molecular weight is 235 g/mol. The summed E-state index contributed by atoms with van der Waals surface area (Å²) in [6, 6.07) is 4.31. The Hall–Kier alpha value is -1.09. The highest BCUT2D eigenvalue weighted by Gasteiger charge is 2.09. The minimum atomic E-state index is 0.661. The van der Waals surface area contributed by atoms with Crippen molar-refractivity contribution in [2.75, 3.05) is 25.0 Å². The van der Waals surface area contributed by atoms with Gasteiger partial charge >= 0.3 is 0 Å². The summed E-state index contributed by atoms with van der Waals surface area (Å²) in [4.78, 5) is 7.04. The van der Waals surface area contributed by atoms with Crippen molar-refractivity contribution in [1.82, 2.24) is 10.3 Å². The first kappa shape index (κ1) is 14.0. The van der Waals surface area contributed by atoms with E-state index in [-0.39, 0.29) is 0 Å². The minimum absolute atomic E-state index is 0.661. The third-order valence-electron chi connectivity index (χ3n) is 2.84. The van der Waals surface area contributed by atoms with Crippen molar-refractivity contribution < 1.29 is 0 Å². The molecule has 3 heteroatoms. The molecule has 1 aromatic rings. The van der Waals surface area contributed by atoms with Crippen molar-refractivity contribution in [2.45, 2.75) is 34.2 Å². The zero-order valence-electron chi connectivity index (χ0n) is 11.7. The number of nitrogens with one attached hydrogen (secondary N) is 1. The molecule has 0 aliphatic heterocycles. The van der Waals surface area contributed by atoms with E-state index >= 15 is 0 Å². The van der Waals surface area contributed by atoms with E-state index in [0.717, 1.165) is 31.1 Å². The van der Waals surface area contributed by atoms with E-state index in [4.69, 9.17) is 4.98 Å². The van der Waals surface area contributed by atoms with Crippen molar-refractivity contribution in [3.8, 4) is 0 Å². The molecule has 0 saturated carbocycles. The molecule has 0 aromatic carbocycles. The fourth-order valence-corrected chi connectivity index (χ4v) is 1.96. The normalized spacial score (nSPS) is 10.9.